The van der Waals surface area contributed by atoms with E-state index >= 15 is 0 Å². The summed E-state index contributed by atoms with van der Waals surface area (Å²) < 4.78 is 13.5. The number of halogens is 1. The van der Waals surface area contributed by atoms with Crippen LogP contribution in [0, 0.1) is 19.7 Å². The number of aryl methyl sites for hydroxylation is 2. The van der Waals surface area contributed by atoms with Crippen LogP contribution in [0.2, 0.25) is 0 Å². The maximum absolute atomic E-state index is 13.5. The first kappa shape index (κ1) is 16.4. The number of carbonyl (C=O) groups is 1. The number of carbonyl (C=O) groups excluding carboxylic acids is 1. The molecule has 3 rings (SSSR count). The summed E-state index contributed by atoms with van der Waals surface area (Å²) in [5.74, 6) is -0.476. The summed E-state index contributed by atoms with van der Waals surface area (Å²) in [7, 11) is 0. The van der Waals surface area contributed by atoms with Gasteiger partial charge in [0.05, 0.1) is 5.41 Å². The van der Waals surface area contributed by atoms with Crippen molar-refractivity contribution in [1.82, 2.24) is 10.3 Å². The molecule has 1 aliphatic carbocycles. The van der Waals surface area contributed by atoms with E-state index in [1.165, 1.54) is 12.1 Å². The molecule has 1 aromatic carbocycles. The van der Waals surface area contributed by atoms with E-state index in [0.717, 1.165) is 17.7 Å². The van der Waals surface area contributed by atoms with Crippen molar-refractivity contribution >= 4 is 5.91 Å². The number of H-pyrrole nitrogens is 1. The Morgan fingerprint density at radius 2 is 2.04 bits per heavy atom. The van der Waals surface area contributed by atoms with Crippen LogP contribution in [0.1, 0.15) is 41.6 Å². The topological polar surface area (TPSA) is 62.0 Å². The predicted molar refractivity (Wildman–Crippen MR) is 90.3 cm³/mol. The molecular weight excluding hydrogens is 307 g/mol. The highest BCUT2D eigenvalue weighted by molar-refractivity contribution is 5.89. The molecule has 1 saturated carbocycles. The van der Waals surface area contributed by atoms with Crippen molar-refractivity contribution in [1.29, 1.82) is 0 Å². The molecule has 126 valence electrons. The molecule has 0 saturated heterocycles. The molecule has 0 bridgehead atoms. The van der Waals surface area contributed by atoms with Crippen LogP contribution in [0.3, 0.4) is 0 Å². The van der Waals surface area contributed by atoms with Gasteiger partial charge in [0.25, 0.3) is 5.56 Å². The first-order valence-electron chi connectivity index (χ1n) is 8.16. The van der Waals surface area contributed by atoms with E-state index in [1.807, 2.05) is 19.9 Å². The number of aromatic amines is 1. The summed E-state index contributed by atoms with van der Waals surface area (Å²) in [5, 5.41) is 2.88. The average Bonchev–Trinajstić information content (AvgIpc) is 2.45. The summed E-state index contributed by atoms with van der Waals surface area (Å²) in [6.45, 7) is 3.86. The minimum atomic E-state index is -0.673. The van der Waals surface area contributed by atoms with Crippen molar-refractivity contribution in [2.45, 2.75) is 45.1 Å². The van der Waals surface area contributed by atoms with Crippen molar-refractivity contribution in [3.63, 3.8) is 0 Å². The average molecular weight is 328 g/mol. The van der Waals surface area contributed by atoms with Crippen LogP contribution >= 0.6 is 0 Å². The van der Waals surface area contributed by atoms with E-state index in [0.29, 0.717) is 24.0 Å². The third-order valence-electron chi connectivity index (χ3n) is 4.94. The molecule has 0 unspecified atom stereocenters. The maximum atomic E-state index is 13.5. The quantitative estimate of drug-likeness (QED) is 0.906. The van der Waals surface area contributed by atoms with Crippen molar-refractivity contribution in [3.05, 3.63) is 68.9 Å². The molecule has 0 spiro atoms. The van der Waals surface area contributed by atoms with Gasteiger partial charge in [-0.1, -0.05) is 18.6 Å². The van der Waals surface area contributed by atoms with Crippen LogP contribution in [-0.4, -0.2) is 10.9 Å². The first-order chi connectivity index (χ1) is 11.4. The van der Waals surface area contributed by atoms with Crippen molar-refractivity contribution in [2.75, 3.05) is 0 Å². The Labute approximate surface area is 140 Å². The molecule has 1 aliphatic rings. The number of hydrogen-bond acceptors (Lipinski definition) is 2. The maximum Gasteiger partial charge on any atom is 0.253 e. The fourth-order valence-corrected chi connectivity index (χ4v) is 3.40. The highest BCUT2D eigenvalue weighted by Gasteiger charge is 2.45. The molecule has 1 aromatic heterocycles. The van der Waals surface area contributed by atoms with Crippen molar-refractivity contribution < 1.29 is 9.18 Å². The van der Waals surface area contributed by atoms with Gasteiger partial charge < -0.3 is 10.3 Å². The lowest BCUT2D eigenvalue weighted by molar-refractivity contribution is -0.130. The minimum Gasteiger partial charge on any atom is -0.351 e. The van der Waals surface area contributed by atoms with Gasteiger partial charge in [-0.3, -0.25) is 9.59 Å². The van der Waals surface area contributed by atoms with E-state index in [-0.39, 0.29) is 23.8 Å². The van der Waals surface area contributed by atoms with Gasteiger partial charge in [-0.2, -0.15) is 0 Å². The van der Waals surface area contributed by atoms with Crippen LogP contribution in [0.25, 0.3) is 0 Å². The number of rotatable bonds is 4. The molecule has 5 heteroatoms. The van der Waals surface area contributed by atoms with Gasteiger partial charge in [-0.05, 0) is 56.0 Å². The molecular formula is C19H21FN2O2. The smallest absolute Gasteiger partial charge is 0.253 e. The summed E-state index contributed by atoms with van der Waals surface area (Å²) in [5.41, 5.74) is 2.06. The number of nitrogens with one attached hydrogen (secondary N) is 2. The zero-order valence-electron chi connectivity index (χ0n) is 13.9. The zero-order valence-corrected chi connectivity index (χ0v) is 13.9. The highest BCUT2D eigenvalue weighted by Crippen LogP contribution is 2.44. The number of amides is 1. The van der Waals surface area contributed by atoms with Gasteiger partial charge in [0, 0.05) is 17.8 Å². The number of hydrogen-bond donors (Lipinski definition) is 2. The summed E-state index contributed by atoms with van der Waals surface area (Å²) >= 11 is 0. The Morgan fingerprint density at radius 1 is 1.29 bits per heavy atom. The van der Waals surface area contributed by atoms with Gasteiger partial charge in [0.15, 0.2) is 0 Å². The lowest BCUT2D eigenvalue weighted by Crippen LogP contribution is -2.49. The molecule has 2 N–H and O–H groups in total. The number of aromatic nitrogens is 1. The van der Waals surface area contributed by atoms with E-state index in [2.05, 4.69) is 10.3 Å². The Hall–Kier alpha value is -2.43. The summed E-state index contributed by atoms with van der Waals surface area (Å²) in [4.78, 5) is 27.6. The molecule has 1 heterocycles. The largest absolute Gasteiger partial charge is 0.351 e. The van der Waals surface area contributed by atoms with Crippen LogP contribution in [-0.2, 0) is 16.8 Å². The number of pyridine rings is 1. The predicted octanol–water partition coefficient (Wildman–Crippen LogP) is 2.87. The van der Waals surface area contributed by atoms with Gasteiger partial charge >= 0.3 is 0 Å². The first-order valence-corrected chi connectivity index (χ1v) is 8.16. The standard InChI is InChI=1S/C19H21FN2O2/c1-12-9-13(2)22-17(23)16(12)11-21-18(24)19(7-4-8-19)14-5-3-6-15(20)10-14/h3,5-6,9-10H,4,7-8,11H2,1-2H3,(H,21,24)(H,22,23). The normalized spacial score (nSPS) is 15.6. The Morgan fingerprint density at radius 3 is 2.62 bits per heavy atom. The van der Waals surface area contributed by atoms with Gasteiger partial charge in [0.2, 0.25) is 5.91 Å². The third kappa shape index (κ3) is 2.86. The Bertz CT molecular complexity index is 838. The molecule has 0 aliphatic heterocycles. The Kier molecular flexibility index (Phi) is 4.26. The Balaban J connectivity index is 1.81. The fourth-order valence-electron chi connectivity index (χ4n) is 3.40. The van der Waals surface area contributed by atoms with Gasteiger partial charge in [-0.15, -0.1) is 0 Å². The van der Waals surface area contributed by atoms with Crippen molar-refractivity contribution in [2.24, 2.45) is 0 Å². The van der Waals surface area contributed by atoms with E-state index in [9.17, 15) is 14.0 Å². The molecule has 2 aromatic rings. The highest BCUT2D eigenvalue weighted by atomic mass is 19.1. The second-order valence-corrected chi connectivity index (χ2v) is 6.57. The second-order valence-electron chi connectivity index (χ2n) is 6.57. The summed E-state index contributed by atoms with van der Waals surface area (Å²) in [6.07, 6.45) is 2.34. The molecule has 1 fully saturated rings. The SMILES string of the molecule is Cc1cc(C)c(CNC(=O)C2(c3cccc(F)c3)CCC2)c(=O)[nH]1. The van der Waals surface area contributed by atoms with Crippen LogP contribution < -0.4 is 10.9 Å². The minimum absolute atomic E-state index is 0.140. The van der Waals surface area contributed by atoms with E-state index in [1.54, 1.807) is 12.1 Å². The van der Waals surface area contributed by atoms with Gasteiger partial charge in [-0.25, -0.2) is 4.39 Å². The van der Waals surface area contributed by atoms with Crippen LogP contribution in [0.5, 0.6) is 0 Å². The molecule has 1 amide bonds. The van der Waals surface area contributed by atoms with Crippen molar-refractivity contribution in [3.8, 4) is 0 Å². The number of benzene rings is 1. The molecule has 24 heavy (non-hydrogen) atoms. The molecule has 4 nitrogen and oxygen atoms in total. The lowest BCUT2D eigenvalue weighted by atomic mass is 9.63. The lowest BCUT2D eigenvalue weighted by Gasteiger charge is -2.40. The second kappa shape index (κ2) is 6.23. The fraction of sp³-hybridized carbons (Fsp3) is 0.368. The zero-order chi connectivity index (χ0) is 17.3. The van der Waals surface area contributed by atoms with Gasteiger partial charge in [0.1, 0.15) is 5.82 Å². The monoisotopic (exact) mass is 328 g/mol. The van der Waals surface area contributed by atoms with E-state index in [4.69, 9.17) is 0 Å². The van der Waals surface area contributed by atoms with Crippen LogP contribution in [0.4, 0.5) is 4.39 Å². The molecule has 0 radical (unpaired) electrons. The summed E-state index contributed by atoms with van der Waals surface area (Å²) in [6, 6.07) is 8.12. The van der Waals surface area contributed by atoms with E-state index < -0.39 is 5.41 Å². The third-order valence-corrected chi connectivity index (χ3v) is 4.94. The van der Waals surface area contributed by atoms with Crippen LogP contribution in [0.15, 0.2) is 35.1 Å². The molecule has 0 atom stereocenters.